The van der Waals surface area contributed by atoms with Crippen molar-refractivity contribution in [2.45, 2.75) is 44.0 Å². The van der Waals surface area contributed by atoms with E-state index >= 15 is 0 Å². The van der Waals surface area contributed by atoms with Gasteiger partial charge < -0.3 is 4.74 Å². The number of hydrogen-bond acceptors (Lipinski definition) is 6. The van der Waals surface area contributed by atoms with Gasteiger partial charge in [-0.3, -0.25) is 4.79 Å². The smallest absolute Gasteiger partial charge is 0.338 e. The number of sulfonamides is 1. The van der Waals surface area contributed by atoms with Crippen LogP contribution in [0.4, 0.5) is 4.39 Å². The maximum Gasteiger partial charge on any atom is 0.338 e. The number of hydrogen-bond donors (Lipinski definition) is 0. The molecule has 1 heterocycles. The molecule has 1 amide bonds. The standard InChI is InChI=1S/C33H34FN3O5S/c1-3-36(4-2)43(40,41)29-21-26(18-19-28(29)34)33(39)42-22-30(38)37-32(24-14-9-6-10-15-24)27-17-11-16-25(31(27)35-37)20-23-12-7-5-8-13-23/h5-10,12-15,18-21,27,32H,3-4,11,16-17,22H2,1-2H3. The van der Waals surface area contributed by atoms with Crippen molar-refractivity contribution in [3.8, 4) is 0 Å². The number of allylic oxidation sites excluding steroid dienone is 1. The number of rotatable bonds is 9. The van der Waals surface area contributed by atoms with Gasteiger partial charge in [0.2, 0.25) is 10.0 Å². The fraction of sp³-hybridized carbons (Fsp3) is 0.303. The average molecular weight is 604 g/mol. The molecule has 0 saturated heterocycles. The van der Waals surface area contributed by atoms with Crippen LogP contribution in [-0.2, 0) is 19.6 Å². The molecule has 10 heteroatoms. The van der Waals surface area contributed by atoms with Crippen LogP contribution in [0.1, 0.15) is 60.6 Å². The van der Waals surface area contributed by atoms with E-state index in [1.54, 1.807) is 13.8 Å². The fourth-order valence-electron chi connectivity index (χ4n) is 5.75. The Morgan fingerprint density at radius 1 is 1.02 bits per heavy atom. The Hall–Kier alpha value is -4.15. The molecule has 2 atom stereocenters. The molecule has 5 rings (SSSR count). The van der Waals surface area contributed by atoms with E-state index in [-0.39, 0.29) is 30.6 Å². The van der Waals surface area contributed by atoms with Crippen molar-refractivity contribution in [3.05, 3.63) is 107 Å². The highest BCUT2D eigenvalue weighted by Gasteiger charge is 2.43. The molecular weight excluding hydrogens is 569 g/mol. The van der Waals surface area contributed by atoms with Gasteiger partial charge in [-0.05, 0) is 60.2 Å². The first-order chi connectivity index (χ1) is 20.7. The van der Waals surface area contributed by atoms with E-state index in [9.17, 15) is 22.4 Å². The molecule has 8 nitrogen and oxygen atoms in total. The number of hydrazone groups is 1. The van der Waals surface area contributed by atoms with Gasteiger partial charge >= 0.3 is 5.97 Å². The summed E-state index contributed by atoms with van der Waals surface area (Å²) in [4.78, 5) is 25.9. The number of benzene rings is 3. The Bertz CT molecular complexity index is 1650. The fourth-order valence-corrected chi connectivity index (χ4v) is 7.30. The van der Waals surface area contributed by atoms with Gasteiger partial charge in [-0.25, -0.2) is 22.6 Å². The molecule has 2 unspecified atom stereocenters. The number of ether oxygens (including phenoxy) is 1. The molecule has 0 bridgehead atoms. The second-order valence-electron chi connectivity index (χ2n) is 10.5. The summed E-state index contributed by atoms with van der Waals surface area (Å²) < 4.78 is 46.8. The Morgan fingerprint density at radius 3 is 2.37 bits per heavy atom. The van der Waals surface area contributed by atoms with Gasteiger partial charge in [0, 0.05) is 19.0 Å². The lowest BCUT2D eigenvalue weighted by Gasteiger charge is -2.29. The first-order valence-corrected chi connectivity index (χ1v) is 15.9. The summed E-state index contributed by atoms with van der Waals surface area (Å²) in [5.74, 6) is -2.44. The number of carbonyl (C=O) groups is 2. The van der Waals surface area contributed by atoms with E-state index in [2.05, 4.69) is 6.08 Å². The maximum absolute atomic E-state index is 14.6. The predicted octanol–water partition coefficient (Wildman–Crippen LogP) is 5.84. The highest BCUT2D eigenvalue weighted by molar-refractivity contribution is 7.89. The summed E-state index contributed by atoms with van der Waals surface area (Å²) in [5, 5.41) is 6.21. The predicted molar refractivity (Wildman–Crippen MR) is 162 cm³/mol. The van der Waals surface area contributed by atoms with Crippen LogP contribution in [0.15, 0.2) is 94.4 Å². The maximum atomic E-state index is 14.6. The molecule has 3 aromatic carbocycles. The van der Waals surface area contributed by atoms with Gasteiger partial charge in [0.1, 0.15) is 10.7 Å². The van der Waals surface area contributed by atoms with E-state index in [0.29, 0.717) is 0 Å². The summed E-state index contributed by atoms with van der Waals surface area (Å²) in [6, 6.07) is 22.3. The Morgan fingerprint density at radius 2 is 1.70 bits per heavy atom. The van der Waals surface area contributed by atoms with E-state index in [1.807, 2.05) is 60.7 Å². The Balaban J connectivity index is 1.39. The highest BCUT2D eigenvalue weighted by Crippen LogP contribution is 2.44. The van der Waals surface area contributed by atoms with Crippen molar-refractivity contribution < 1.29 is 27.1 Å². The zero-order valence-electron chi connectivity index (χ0n) is 24.1. The lowest BCUT2D eigenvalue weighted by molar-refractivity contribution is -0.137. The molecule has 2 aliphatic rings. The minimum atomic E-state index is -4.16. The van der Waals surface area contributed by atoms with Crippen molar-refractivity contribution in [1.29, 1.82) is 0 Å². The lowest BCUT2D eigenvalue weighted by atomic mass is 9.77. The summed E-state index contributed by atoms with van der Waals surface area (Å²) in [6.45, 7) is 2.96. The minimum Gasteiger partial charge on any atom is -0.452 e. The second kappa shape index (κ2) is 13.0. The monoisotopic (exact) mass is 603 g/mol. The Labute approximate surface area is 251 Å². The summed E-state index contributed by atoms with van der Waals surface area (Å²) >= 11 is 0. The highest BCUT2D eigenvalue weighted by atomic mass is 32.2. The van der Waals surface area contributed by atoms with Crippen molar-refractivity contribution >= 4 is 33.7 Å². The lowest BCUT2D eigenvalue weighted by Crippen LogP contribution is -2.34. The first-order valence-electron chi connectivity index (χ1n) is 14.4. The molecule has 0 radical (unpaired) electrons. The molecule has 0 spiro atoms. The SMILES string of the molecule is CCN(CC)S(=O)(=O)c1cc(C(=O)OCC(=O)N2N=C3C(=Cc4ccccc4)CCCC3C2c2ccccc2)ccc1F. The molecule has 0 aromatic heterocycles. The normalized spacial score (nSPS) is 19.3. The third kappa shape index (κ3) is 6.30. The molecule has 1 aliphatic carbocycles. The minimum absolute atomic E-state index is 0.0179. The first kappa shape index (κ1) is 30.3. The Kier molecular flexibility index (Phi) is 9.17. The molecule has 1 saturated carbocycles. The van der Waals surface area contributed by atoms with Crippen LogP contribution in [0.5, 0.6) is 0 Å². The largest absolute Gasteiger partial charge is 0.452 e. The van der Waals surface area contributed by atoms with Crippen LogP contribution in [-0.4, -0.2) is 55.0 Å². The van der Waals surface area contributed by atoms with Crippen LogP contribution < -0.4 is 0 Å². The van der Waals surface area contributed by atoms with Crippen LogP contribution in [0.25, 0.3) is 6.08 Å². The summed E-state index contributed by atoms with van der Waals surface area (Å²) in [5.41, 5.74) is 3.74. The van der Waals surface area contributed by atoms with Gasteiger partial charge in [-0.15, -0.1) is 0 Å². The number of nitrogens with zero attached hydrogens (tertiary/aromatic N) is 3. The number of esters is 1. The van der Waals surface area contributed by atoms with Gasteiger partial charge in [-0.2, -0.15) is 9.41 Å². The van der Waals surface area contributed by atoms with Crippen LogP contribution >= 0.6 is 0 Å². The number of fused-ring (bicyclic) bond motifs is 1. The number of carbonyl (C=O) groups excluding carboxylic acids is 2. The van der Waals surface area contributed by atoms with E-state index in [1.165, 1.54) is 5.01 Å². The number of amides is 1. The molecular formula is C33H34FN3O5S. The third-order valence-electron chi connectivity index (χ3n) is 7.86. The van der Waals surface area contributed by atoms with Crippen LogP contribution in [0, 0.1) is 11.7 Å². The van der Waals surface area contributed by atoms with Crippen LogP contribution in [0.2, 0.25) is 0 Å². The molecule has 224 valence electrons. The van der Waals surface area contributed by atoms with Gasteiger partial charge in [0.15, 0.2) is 6.61 Å². The summed E-state index contributed by atoms with van der Waals surface area (Å²) in [6.07, 6.45) is 4.75. The molecule has 0 N–H and O–H groups in total. The van der Waals surface area contributed by atoms with Crippen molar-refractivity contribution in [3.63, 3.8) is 0 Å². The van der Waals surface area contributed by atoms with E-state index in [4.69, 9.17) is 9.84 Å². The average Bonchev–Trinajstić information content (AvgIpc) is 3.42. The molecule has 1 fully saturated rings. The topological polar surface area (TPSA) is 96.3 Å². The van der Waals surface area contributed by atoms with Gasteiger partial charge in [0.25, 0.3) is 5.91 Å². The summed E-state index contributed by atoms with van der Waals surface area (Å²) in [7, 11) is -4.16. The van der Waals surface area contributed by atoms with E-state index < -0.39 is 39.2 Å². The van der Waals surface area contributed by atoms with Crippen LogP contribution in [0.3, 0.4) is 0 Å². The van der Waals surface area contributed by atoms with Crippen molar-refractivity contribution in [2.24, 2.45) is 11.0 Å². The quantitative estimate of drug-likeness (QED) is 0.287. The second-order valence-corrected chi connectivity index (χ2v) is 12.4. The molecule has 43 heavy (non-hydrogen) atoms. The molecule has 3 aromatic rings. The van der Waals surface area contributed by atoms with Crippen molar-refractivity contribution in [1.82, 2.24) is 9.31 Å². The zero-order chi connectivity index (χ0) is 30.6. The van der Waals surface area contributed by atoms with Gasteiger partial charge in [-0.1, -0.05) is 74.5 Å². The molecule has 1 aliphatic heterocycles. The van der Waals surface area contributed by atoms with Gasteiger partial charge in [0.05, 0.1) is 17.3 Å². The zero-order valence-corrected chi connectivity index (χ0v) is 25.0. The van der Waals surface area contributed by atoms with E-state index in [0.717, 1.165) is 64.2 Å². The third-order valence-corrected chi connectivity index (χ3v) is 9.92. The number of halogens is 1. The van der Waals surface area contributed by atoms with Crippen molar-refractivity contribution in [2.75, 3.05) is 19.7 Å².